The summed E-state index contributed by atoms with van der Waals surface area (Å²) in [5.74, 6) is -1.57. The number of nitrogens with one attached hydrogen (secondary N) is 1. The Morgan fingerprint density at radius 3 is 2.54 bits per heavy atom. The van der Waals surface area contributed by atoms with E-state index in [4.69, 9.17) is 14.9 Å². The van der Waals surface area contributed by atoms with Crippen LogP contribution < -0.4 is 15.0 Å². The third-order valence-electron chi connectivity index (χ3n) is 4.63. The number of ether oxygens (including phenoxy) is 1. The van der Waals surface area contributed by atoms with Gasteiger partial charge in [0.1, 0.15) is 18.5 Å². The van der Waals surface area contributed by atoms with Crippen molar-refractivity contribution < 1.29 is 28.9 Å². The van der Waals surface area contributed by atoms with Gasteiger partial charge in [-0.3, -0.25) is 0 Å². The molecule has 1 aromatic carbocycles. The van der Waals surface area contributed by atoms with Crippen LogP contribution in [0.2, 0.25) is 0 Å². The van der Waals surface area contributed by atoms with Crippen LogP contribution in [0.15, 0.2) is 18.2 Å². The average molecular weight is 394 g/mol. The third-order valence-corrected chi connectivity index (χ3v) is 4.63. The molecule has 0 saturated heterocycles. The monoisotopic (exact) mass is 394 g/mol. The van der Waals surface area contributed by atoms with Crippen LogP contribution in [0.1, 0.15) is 23.6 Å². The molecule has 0 spiro atoms. The molecule has 7 nitrogen and oxygen atoms in total. The fraction of sp³-hybridized carbons (Fsp3) is 0.500. The highest BCUT2D eigenvalue weighted by Gasteiger charge is 2.25. The minimum Gasteiger partial charge on any atom is -0.490 e. The molecule has 154 valence electrons. The maximum atomic E-state index is 13.4. The van der Waals surface area contributed by atoms with Gasteiger partial charge in [-0.2, -0.15) is 0 Å². The SMILES string of the molecule is Cc1c2c(cc3c1N(C[C@H](C)F)CCO3)CCNCC2.O=C(O)/C=C/C(=O)O. The van der Waals surface area contributed by atoms with E-state index in [1.54, 1.807) is 6.92 Å². The molecule has 1 aromatic rings. The normalized spacial score (nSPS) is 16.8. The Kier molecular flexibility index (Phi) is 7.80. The molecule has 3 N–H and O–H groups in total. The zero-order chi connectivity index (χ0) is 20.7. The highest BCUT2D eigenvalue weighted by atomic mass is 19.1. The number of carbonyl (C=O) groups is 2. The fourth-order valence-corrected chi connectivity index (χ4v) is 3.52. The molecule has 0 amide bonds. The number of hydrogen-bond donors (Lipinski definition) is 3. The third kappa shape index (κ3) is 5.95. The zero-order valence-corrected chi connectivity index (χ0v) is 16.2. The van der Waals surface area contributed by atoms with Gasteiger partial charge < -0.3 is 25.2 Å². The Hall–Kier alpha value is -2.61. The van der Waals surface area contributed by atoms with Gasteiger partial charge in [0.25, 0.3) is 0 Å². The topological polar surface area (TPSA) is 99.1 Å². The van der Waals surface area contributed by atoms with Crippen molar-refractivity contribution in [3.8, 4) is 5.75 Å². The highest BCUT2D eigenvalue weighted by Crippen LogP contribution is 2.39. The van der Waals surface area contributed by atoms with Crippen molar-refractivity contribution >= 4 is 17.6 Å². The first kappa shape index (κ1) is 21.7. The lowest BCUT2D eigenvalue weighted by Gasteiger charge is -2.34. The van der Waals surface area contributed by atoms with Crippen molar-refractivity contribution in [3.63, 3.8) is 0 Å². The second-order valence-corrected chi connectivity index (χ2v) is 6.82. The second-order valence-electron chi connectivity index (χ2n) is 6.82. The summed E-state index contributed by atoms with van der Waals surface area (Å²) in [6, 6.07) is 2.18. The number of benzene rings is 1. The summed E-state index contributed by atoms with van der Waals surface area (Å²) in [7, 11) is 0. The van der Waals surface area contributed by atoms with Crippen LogP contribution in [0.3, 0.4) is 0 Å². The van der Waals surface area contributed by atoms with E-state index >= 15 is 0 Å². The van der Waals surface area contributed by atoms with E-state index in [0.29, 0.717) is 25.3 Å². The van der Waals surface area contributed by atoms with E-state index in [1.165, 1.54) is 16.7 Å². The maximum Gasteiger partial charge on any atom is 0.328 e. The highest BCUT2D eigenvalue weighted by molar-refractivity contribution is 5.89. The molecule has 0 fully saturated rings. The Balaban J connectivity index is 0.000000300. The number of hydrogen-bond acceptors (Lipinski definition) is 5. The minimum atomic E-state index is -1.26. The van der Waals surface area contributed by atoms with Crippen molar-refractivity contribution in [2.75, 3.05) is 37.7 Å². The van der Waals surface area contributed by atoms with Crippen LogP contribution in [0.5, 0.6) is 5.75 Å². The molecular weight excluding hydrogens is 367 g/mol. The van der Waals surface area contributed by atoms with Gasteiger partial charge in [0.05, 0.1) is 12.2 Å². The van der Waals surface area contributed by atoms with Gasteiger partial charge in [-0.1, -0.05) is 0 Å². The standard InChI is InChI=1S/C16H23FN2O.C4H4O4/c1-11(17)10-19-7-8-20-15-9-13-3-5-18-6-4-14(13)12(2)16(15)19;5-3(6)1-2-4(7)8/h9,11,18H,3-8,10H2,1-2H3;1-2H,(H,5,6)(H,7,8)/b;2-1+/t11-;/m0./s1. The summed E-state index contributed by atoms with van der Waals surface area (Å²) < 4.78 is 19.3. The Bertz CT molecular complexity index is 733. The van der Waals surface area contributed by atoms with Gasteiger partial charge in [-0.25, -0.2) is 14.0 Å². The number of carboxylic acid groups (broad SMARTS) is 2. The Morgan fingerprint density at radius 1 is 1.29 bits per heavy atom. The van der Waals surface area contributed by atoms with Gasteiger partial charge in [0, 0.05) is 18.7 Å². The van der Waals surface area contributed by atoms with Crippen molar-refractivity contribution in [2.45, 2.75) is 32.9 Å². The average Bonchev–Trinajstić information content (AvgIpc) is 2.86. The zero-order valence-electron chi connectivity index (χ0n) is 16.2. The lowest BCUT2D eigenvalue weighted by atomic mass is 9.94. The molecule has 8 heteroatoms. The molecule has 0 unspecified atom stereocenters. The van der Waals surface area contributed by atoms with Gasteiger partial charge in [-0.15, -0.1) is 0 Å². The van der Waals surface area contributed by atoms with E-state index < -0.39 is 18.1 Å². The molecule has 2 aliphatic heterocycles. The number of carboxylic acids is 2. The number of anilines is 1. The van der Waals surface area contributed by atoms with Crippen LogP contribution in [-0.4, -0.2) is 61.1 Å². The van der Waals surface area contributed by atoms with E-state index in [-0.39, 0.29) is 0 Å². The first-order valence-corrected chi connectivity index (χ1v) is 9.31. The largest absolute Gasteiger partial charge is 0.490 e. The molecule has 1 atom stereocenters. The Morgan fingerprint density at radius 2 is 1.93 bits per heavy atom. The lowest BCUT2D eigenvalue weighted by Crippen LogP contribution is -2.37. The molecule has 0 saturated carbocycles. The van der Waals surface area contributed by atoms with Crippen LogP contribution in [0, 0.1) is 6.92 Å². The smallest absolute Gasteiger partial charge is 0.328 e. The molecule has 2 heterocycles. The van der Waals surface area contributed by atoms with E-state index in [0.717, 1.165) is 43.9 Å². The van der Waals surface area contributed by atoms with Crippen LogP contribution >= 0.6 is 0 Å². The lowest BCUT2D eigenvalue weighted by molar-refractivity contribution is -0.134. The van der Waals surface area contributed by atoms with E-state index in [9.17, 15) is 14.0 Å². The van der Waals surface area contributed by atoms with Crippen LogP contribution in [0.4, 0.5) is 10.1 Å². The van der Waals surface area contributed by atoms with Crippen LogP contribution in [-0.2, 0) is 22.4 Å². The number of aliphatic carboxylic acids is 2. The van der Waals surface area contributed by atoms with Crippen molar-refractivity contribution in [1.29, 1.82) is 0 Å². The first-order valence-electron chi connectivity index (χ1n) is 9.31. The van der Waals surface area contributed by atoms with Gasteiger partial charge in [0.2, 0.25) is 0 Å². The minimum absolute atomic E-state index is 0.453. The summed E-state index contributed by atoms with van der Waals surface area (Å²) in [4.78, 5) is 21.3. The van der Waals surface area contributed by atoms with E-state index in [2.05, 4.69) is 23.2 Å². The second kappa shape index (κ2) is 10.1. The van der Waals surface area contributed by atoms with Crippen LogP contribution in [0.25, 0.3) is 0 Å². The number of halogens is 1. The van der Waals surface area contributed by atoms with Gasteiger partial charge in [0.15, 0.2) is 0 Å². The summed E-state index contributed by atoms with van der Waals surface area (Å²) in [5.41, 5.74) is 5.21. The molecule has 0 aromatic heterocycles. The summed E-state index contributed by atoms with van der Waals surface area (Å²) in [5, 5.41) is 19.1. The molecule has 3 rings (SSSR count). The number of fused-ring (bicyclic) bond motifs is 2. The van der Waals surface area contributed by atoms with Gasteiger partial charge in [-0.05, 0) is 62.5 Å². The van der Waals surface area contributed by atoms with Crippen molar-refractivity contribution in [2.24, 2.45) is 0 Å². The summed E-state index contributed by atoms with van der Waals surface area (Å²) in [6.45, 7) is 7.71. The van der Waals surface area contributed by atoms with Gasteiger partial charge >= 0.3 is 11.9 Å². The predicted molar refractivity (Wildman–Crippen MR) is 104 cm³/mol. The van der Waals surface area contributed by atoms with Crippen molar-refractivity contribution in [3.05, 3.63) is 34.9 Å². The maximum absolute atomic E-state index is 13.4. The number of rotatable bonds is 4. The first-order chi connectivity index (χ1) is 13.3. The summed E-state index contributed by atoms with van der Waals surface area (Å²) >= 11 is 0. The quantitative estimate of drug-likeness (QED) is 0.672. The number of alkyl halides is 1. The molecular formula is C20H27FN2O5. The molecule has 0 radical (unpaired) electrons. The predicted octanol–water partition coefficient (Wildman–Crippen LogP) is 1.95. The van der Waals surface area contributed by atoms with Crippen molar-refractivity contribution in [1.82, 2.24) is 5.32 Å². The molecule has 2 aliphatic rings. The molecule has 0 aliphatic carbocycles. The molecule has 28 heavy (non-hydrogen) atoms. The van der Waals surface area contributed by atoms with E-state index in [1.807, 2.05) is 0 Å². The number of nitrogens with zero attached hydrogens (tertiary/aromatic N) is 1. The molecule has 0 bridgehead atoms. The Labute approximate surface area is 163 Å². The fourth-order valence-electron chi connectivity index (χ4n) is 3.52. The summed E-state index contributed by atoms with van der Waals surface area (Å²) in [6.07, 6.45) is 2.39.